The molecule has 2 nitrogen and oxygen atoms in total. The zero-order valence-corrected chi connectivity index (χ0v) is 11.8. The van der Waals surface area contributed by atoms with Gasteiger partial charge in [0, 0.05) is 10.6 Å². The number of nitrogens with two attached hydrogens (primary N) is 1. The molecule has 4 heteroatoms. The van der Waals surface area contributed by atoms with Crippen LogP contribution >= 0.6 is 0 Å². The third-order valence-electron chi connectivity index (χ3n) is 2.95. The molecule has 0 fully saturated rings. The minimum Gasteiger partial charge on any atom is -0.399 e. The normalized spacial score (nSPS) is 12.4. The molecule has 0 saturated carbocycles. The van der Waals surface area contributed by atoms with Crippen LogP contribution in [0.1, 0.15) is 16.7 Å². The number of anilines is 1. The van der Waals surface area contributed by atoms with Crippen molar-refractivity contribution in [3.8, 4) is 0 Å². The van der Waals surface area contributed by atoms with Crippen molar-refractivity contribution < 1.29 is 8.60 Å². The second kappa shape index (κ2) is 5.53. The lowest BCUT2D eigenvalue weighted by molar-refractivity contribution is 0.623. The summed E-state index contributed by atoms with van der Waals surface area (Å²) in [6, 6.07) is 10.1. The van der Waals surface area contributed by atoms with Crippen LogP contribution in [0.5, 0.6) is 0 Å². The summed E-state index contributed by atoms with van der Waals surface area (Å²) in [4.78, 5) is 0.429. The van der Waals surface area contributed by atoms with Crippen molar-refractivity contribution in [2.24, 2.45) is 0 Å². The molecule has 0 saturated heterocycles. The minimum absolute atomic E-state index is 0.296. The maximum absolute atomic E-state index is 13.3. The SMILES string of the molecule is Cc1ccc(C)c(CS(=O)c2cc(N)cc(F)c2)c1. The van der Waals surface area contributed by atoms with Gasteiger partial charge in [-0.25, -0.2) is 4.39 Å². The summed E-state index contributed by atoms with van der Waals surface area (Å²) >= 11 is 0. The first-order valence-electron chi connectivity index (χ1n) is 5.96. The Morgan fingerprint density at radius 3 is 2.58 bits per heavy atom. The van der Waals surface area contributed by atoms with Gasteiger partial charge in [-0.05, 0) is 43.2 Å². The first kappa shape index (κ1) is 13.7. The Bertz CT molecular complexity index is 620. The molecule has 2 rings (SSSR count). The predicted molar refractivity (Wildman–Crippen MR) is 76.8 cm³/mol. The van der Waals surface area contributed by atoms with Gasteiger partial charge < -0.3 is 5.73 Å². The van der Waals surface area contributed by atoms with E-state index in [1.807, 2.05) is 32.0 Å². The standard InChI is InChI=1S/C15H16FNOS/c1-10-3-4-11(2)12(5-10)9-19(18)15-7-13(16)6-14(17)8-15/h3-8H,9,17H2,1-2H3. The van der Waals surface area contributed by atoms with Crippen LogP contribution in [-0.2, 0) is 16.6 Å². The van der Waals surface area contributed by atoms with E-state index in [4.69, 9.17) is 5.73 Å². The summed E-state index contributed by atoms with van der Waals surface area (Å²) in [6.45, 7) is 3.97. The summed E-state index contributed by atoms with van der Waals surface area (Å²) < 4.78 is 25.5. The van der Waals surface area contributed by atoms with E-state index in [-0.39, 0.29) is 0 Å². The summed E-state index contributed by atoms with van der Waals surface area (Å²) in [5.41, 5.74) is 9.09. The molecule has 2 aromatic carbocycles. The molecule has 0 radical (unpaired) electrons. The number of aryl methyl sites for hydroxylation is 2. The van der Waals surface area contributed by atoms with Gasteiger partial charge in [0.05, 0.1) is 16.6 Å². The molecule has 0 bridgehead atoms. The molecular formula is C15H16FNOS. The number of benzene rings is 2. The Labute approximate surface area is 114 Å². The van der Waals surface area contributed by atoms with Gasteiger partial charge in [-0.15, -0.1) is 0 Å². The zero-order chi connectivity index (χ0) is 14.0. The lowest BCUT2D eigenvalue weighted by Crippen LogP contribution is -2.01. The molecule has 0 aliphatic rings. The van der Waals surface area contributed by atoms with Crippen LogP contribution < -0.4 is 5.73 Å². The van der Waals surface area contributed by atoms with Gasteiger partial charge in [-0.1, -0.05) is 23.8 Å². The predicted octanol–water partition coefficient (Wildman–Crippen LogP) is 3.33. The molecular weight excluding hydrogens is 261 g/mol. The summed E-state index contributed by atoms with van der Waals surface area (Å²) in [5, 5.41) is 0. The Morgan fingerprint density at radius 1 is 1.16 bits per heavy atom. The van der Waals surface area contributed by atoms with E-state index in [1.54, 1.807) is 6.07 Å². The van der Waals surface area contributed by atoms with E-state index >= 15 is 0 Å². The quantitative estimate of drug-likeness (QED) is 0.874. The third-order valence-corrected chi connectivity index (χ3v) is 4.28. The van der Waals surface area contributed by atoms with Gasteiger partial charge >= 0.3 is 0 Å². The second-order valence-electron chi connectivity index (χ2n) is 4.64. The van der Waals surface area contributed by atoms with Crippen molar-refractivity contribution in [3.05, 3.63) is 58.9 Å². The Morgan fingerprint density at radius 2 is 1.89 bits per heavy atom. The molecule has 100 valence electrons. The number of rotatable bonds is 3. The van der Waals surface area contributed by atoms with Crippen LogP contribution in [0.15, 0.2) is 41.3 Å². The molecule has 2 N–H and O–H groups in total. The lowest BCUT2D eigenvalue weighted by Gasteiger charge is -2.08. The molecule has 0 spiro atoms. The highest BCUT2D eigenvalue weighted by molar-refractivity contribution is 7.84. The maximum Gasteiger partial charge on any atom is 0.126 e. The molecule has 0 heterocycles. The molecule has 2 aromatic rings. The molecule has 0 aliphatic heterocycles. The highest BCUT2D eigenvalue weighted by Gasteiger charge is 2.09. The van der Waals surface area contributed by atoms with Crippen LogP contribution in [0, 0.1) is 19.7 Å². The molecule has 0 aliphatic carbocycles. The lowest BCUT2D eigenvalue weighted by atomic mass is 10.1. The van der Waals surface area contributed by atoms with Crippen molar-refractivity contribution in [1.29, 1.82) is 0 Å². The average Bonchev–Trinajstić information content (AvgIpc) is 2.32. The highest BCUT2D eigenvalue weighted by Crippen LogP contribution is 2.19. The van der Waals surface area contributed by atoms with Gasteiger partial charge in [0.1, 0.15) is 5.82 Å². The number of hydrogen-bond acceptors (Lipinski definition) is 2. The van der Waals surface area contributed by atoms with Crippen LogP contribution in [0.3, 0.4) is 0 Å². The van der Waals surface area contributed by atoms with E-state index in [2.05, 4.69) is 0 Å². The smallest absolute Gasteiger partial charge is 0.126 e. The summed E-state index contributed by atoms with van der Waals surface area (Å²) in [6.07, 6.45) is 0. The van der Waals surface area contributed by atoms with Crippen LogP contribution in [-0.4, -0.2) is 4.21 Å². The minimum atomic E-state index is -1.29. The van der Waals surface area contributed by atoms with Crippen molar-refractivity contribution in [2.45, 2.75) is 24.5 Å². The van der Waals surface area contributed by atoms with Crippen molar-refractivity contribution in [3.63, 3.8) is 0 Å². The topological polar surface area (TPSA) is 43.1 Å². The molecule has 19 heavy (non-hydrogen) atoms. The molecule has 0 amide bonds. The van der Waals surface area contributed by atoms with Gasteiger partial charge in [-0.3, -0.25) is 4.21 Å². The van der Waals surface area contributed by atoms with E-state index in [0.717, 1.165) is 16.7 Å². The first-order valence-corrected chi connectivity index (χ1v) is 7.28. The van der Waals surface area contributed by atoms with Gasteiger partial charge in [0.25, 0.3) is 0 Å². The third kappa shape index (κ3) is 3.41. The summed E-state index contributed by atoms with van der Waals surface area (Å²) in [7, 11) is -1.29. The highest BCUT2D eigenvalue weighted by atomic mass is 32.2. The average molecular weight is 277 g/mol. The fraction of sp³-hybridized carbons (Fsp3) is 0.200. The molecule has 1 unspecified atom stereocenters. The largest absolute Gasteiger partial charge is 0.399 e. The van der Waals surface area contributed by atoms with Crippen LogP contribution in [0.2, 0.25) is 0 Å². The van der Waals surface area contributed by atoms with Gasteiger partial charge in [0.2, 0.25) is 0 Å². The fourth-order valence-corrected chi connectivity index (χ4v) is 3.17. The van der Waals surface area contributed by atoms with E-state index in [9.17, 15) is 8.60 Å². The van der Waals surface area contributed by atoms with E-state index in [0.29, 0.717) is 16.3 Å². The van der Waals surface area contributed by atoms with Crippen molar-refractivity contribution in [2.75, 3.05) is 5.73 Å². The van der Waals surface area contributed by atoms with Gasteiger partial charge in [0.15, 0.2) is 0 Å². The fourth-order valence-electron chi connectivity index (χ4n) is 1.90. The zero-order valence-electron chi connectivity index (χ0n) is 10.9. The maximum atomic E-state index is 13.3. The van der Waals surface area contributed by atoms with Crippen molar-refractivity contribution in [1.82, 2.24) is 0 Å². The monoisotopic (exact) mass is 277 g/mol. The Balaban J connectivity index is 2.28. The Hall–Kier alpha value is -1.68. The van der Waals surface area contributed by atoms with Gasteiger partial charge in [-0.2, -0.15) is 0 Å². The second-order valence-corrected chi connectivity index (χ2v) is 6.09. The summed E-state index contributed by atoms with van der Waals surface area (Å²) in [5.74, 6) is -0.0829. The number of halogens is 1. The van der Waals surface area contributed by atoms with E-state index in [1.165, 1.54) is 12.1 Å². The van der Waals surface area contributed by atoms with Crippen LogP contribution in [0.4, 0.5) is 10.1 Å². The number of nitrogen functional groups attached to an aromatic ring is 1. The Kier molecular flexibility index (Phi) is 4.00. The van der Waals surface area contributed by atoms with E-state index < -0.39 is 16.6 Å². The number of hydrogen-bond donors (Lipinski definition) is 1. The van der Waals surface area contributed by atoms with Crippen molar-refractivity contribution >= 4 is 16.5 Å². The van der Waals surface area contributed by atoms with Crippen LogP contribution in [0.25, 0.3) is 0 Å². The molecule has 1 atom stereocenters. The first-order chi connectivity index (χ1) is 8.95. The molecule has 0 aromatic heterocycles.